The fourth-order valence-corrected chi connectivity index (χ4v) is 2.02. The maximum absolute atomic E-state index is 11.7. The highest BCUT2D eigenvalue weighted by atomic mass is 16.6. The molecule has 0 saturated heterocycles. The standard InChI is InChI=1S/C18H15NO6/c1-24-18(21)14-9-6-13(7-10-14)8-11-17(20)25-12-15-4-2-3-5-16(15)19(22)23/h2-11H,12H2,1H3/b11-8+. The smallest absolute Gasteiger partial charge is 0.337 e. The van der Waals surface area contributed by atoms with Gasteiger partial charge < -0.3 is 9.47 Å². The van der Waals surface area contributed by atoms with Crippen molar-refractivity contribution in [2.45, 2.75) is 6.61 Å². The molecule has 0 aliphatic rings. The van der Waals surface area contributed by atoms with Gasteiger partial charge in [-0.1, -0.05) is 24.3 Å². The van der Waals surface area contributed by atoms with Crippen LogP contribution in [0.25, 0.3) is 6.08 Å². The third-order valence-electron chi connectivity index (χ3n) is 3.30. The predicted molar refractivity (Wildman–Crippen MR) is 89.7 cm³/mol. The molecule has 0 bridgehead atoms. The van der Waals surface area contributed by atoms with Crippen LogP contribution in [0.3, 0.4) is 0 Å². The number of hydrogen-bond donors (Lipinski definition) is 0. The van der Waals surface area contributed by atoms with Crippen molar-refractivity contribution in [1.82, 2.24) is 0 Å². The van der Waals surface area contributed by atoms with E-state index in [-0.39, 0.29) is 12.3 Å². The summed E-state index contributed by atoms with van der Waals surface area (Å²) in [5.74, 6) is -1.07. The van der Waals surface area contributed by atoms with E-state index in [1.54, 1.807) is 36.4 Å². The molecule has 0 spiro atoms. The highest BCUT2D eigenvalue weighted by Crippen LogP contribution is 2.18. The van der Waals surface area contributed by atoms with E-state index < -0.39 is 16.9 Å². The molecule has 0 aliphatic carbocycles. The minimum Gasteiger partial charge on any atom is -0.465 e. The first-order chi connectivity index (χ1) is 12.0. The minimum atomic E-state index is -0.629. The van der Waals surface area contributed by atoms with Crippen molar-refractivity contribution in [3.63, 3.8) is 0 Å². The van der Waals surface area contributed by atoms with E-state index in [0.717, 1.165) is 0 Å². The highest BCUT2D eigenvalue weighted by Gasteiger charge is 2.13. The van der Waals surface area contributed by atoms with E-state index in [9.17, 15) is 19.7 Å². The van der Waals surface area contributed by atoms with Crippen LogP contribution in [0, 0.1) is 10.1 Å². The summed E-state index contributed by atoms with van der Waals surface area (Å²) in [4.78, 5) is 33.4. The number of carbonyl (C=O) groups excluding carboxylic acids is 2. The second-order valence-electron chi connectivity index (χ2n) is 4.94. The van der Waals surface area contributed by atoms with Crippen molar-refractivity contribution in [3.8, 4) is 0 Å². The summed E-state index contributed by atoms with van der Waals surface area (Å²) >= 11 is 0. The number of rotatable bonds is 6. The molecular weight excluding hydrogens is 326 g/mol. The lowest BCUT2D eigenvalue weighted by Crippen LogP contribution is -2.03. The van der Waals surface area contributed by atoms with Crippen molar-refractivity contribution in [1.29, 1.82) is 0 Å². The molecule has 0 aromatic heterocycles. The molecule has 0 saturated carbocycles. The average Bonchev–Trinajstić information content (AvgIpc) is 2.64. The number of esters is 2. The number of para-hydroxylation sites is 1. The van der Waals surface area contributed by atoms with Gasteiger partial charge in [-0.05, 0) is 29.8 Å². The molecule has 0 atom stereocenters. The van der Waals surface area contributed by atoms with Gasteiger partial charge in [-0.25, -0.2) is 9.59 Å². The molecule has 7 heteroatoms. The number of nitro benzene ring substituents is 1. The molecule has 7 nitrogen and oxygen atoms in total. The Balaban J connectivity index is 1.95. The first-order valence-electron chi connectivity index (χ1n) is 7.27. The van der Waals surface area contributed by atoms with Crippen LogP contribution in [0.1, 0.15) is 21.5 Å². The van der Waals surface area contributed by atoms with Gasteiger partial charge in [0.15, 0.2) is 0 Å². The van der Waals surface area contributed by atoms with E-state index in [1.807, 2.05) is 0 Å². The van der Waals surface area contributed by atoms with Gasteiger partial charge >= 0.3 is 11.9 Å². The Kier molecular flexibility index (Phi) is 6.00. The summed E-state index contributed by atoms with van der Waals surface area (Å²) in [5, 5.41) is 10.9. The molecule has 0 aliphatic heterocycles. The molecule has 25 heavy (non-hydrogen) atoms. The highest BCUT2D eigenvalue weighted by molar-refractivity contribution is 5.90. The quantitative estimate of drug-likeness (QED) is 0.347. The Morgan fingerprint density at radius 1 is 1.12 bits per heavy atom. The number of ether oxygens (including phenoxy) is 2. The summed E-state index contributed by atoms with van der Waals surface area (Å²) in [5.41, 5.74) is 1.31. The molecule has 2 aromatic carbocycles. The molecule has 0 heterocycles. The van der Waals surface area contributed by atoms with Gasteiger partial charge in [0.25, 0.3) is 5.69 Å². The number of nitro groups is 1. The minimum absolute atomic E-state index is 0.0994. The van der Waals surface area contributed by atoms with Crippen LogP contribution in [0.5, 0.6) is 0 Å². The van der Waals surface area contributed by atoms with Crippen molar-refractivity contribution in [3.05, 3.63) is 81.4 Å². The summed E-state index contributed by atoms with van der Waals surface area (Å²) in [6, 6.07) is 12.5. The molecule has 0 amide bonds. The zero-order chi connectivity index (χ0) is 18.2. The Morgan fingerprint density at radius 2 is 1.80 bits per heavy atom. The van der Waals surface area contributed by atoms with Crippen LogP contribution in [-0.2, 0) is 20.9 Å². The van der Waals surface area contributed by atoms with Crippen LogP contribution in [0.2, 0.25) is 0 Å². The van der Waals surface area contributed by atoms with Crippen LogP contribution in [0.4, 0.5) is 5.69 Å². The normalized spacial score (nSPS) is 10.4. The molecule has 128 valence electrons. The molecule has 0 radical (unpaired) electrons. The van der Waals surface area contributed by atoms with E-state index in [1.165, 1.54) is 31.4 Å². The third kappa shape index (κ3) is 5.00. The van der Waals surface area contributed by atoms with Crippen LogP contribution in [-0.4, -0.2) is 24.0 Å². The monoisotopic (exact) mass is 341 g/mol. The summed E-state index contributed by atoms with van der Waals surface area (Å²) in [6.45, 7) is -0.193. The third-order valence-corrected chi connectivity index (χ3v) is 3.30. The second kappa shape index (κ2) is 8.39. The van der Waals surface area contributed by atoms with Crippen molar-refractivity contribution in [2.24, 2.45) is 0 Å². The second-order valence-corrected chi connectivity index (χ2v) is 4.94. The summed E-state index contributed by atoms with van der Waals surface area (Å²) < 4.78 is 9.61. The molecule has 0 fully saturated rings. The zero-order valence-electron chi connectivity index (χ0n) is 13.4. The Labute approximate surface area is 143 Å². The number of hydrogen-bond acceptors (Lipinski definition) is 6. The Bertz CT molecular complexity index is 811. The number of methoxy groups -OCH3 is 1. The molecular formula is C18H15NO6. The van der Waals surface area contributed by atoms with Gasteiger partial charge in [-0.2, -0.15) is 0 Å². The SMILES string of the molecule is COC(=O)c1ccc(/C=C/C(=O)OCc2ccccc2[N+](=O)[O-])cc1. The lowest BCUT2D eigenvalue weighted by molar-refractivity contribution is -0.385. The predicted octanol–water partition coefficient (Wildman–Crippen LogP) is 3.14. The Hall–Kier alpha value is -3.48. The Morgan fingerprint density at radius 3 is 2.44 bits per heavy atom. The van der Waals surface area contributed by atoms with Crippen molar-refractivity contribution < 1.29 is 24.0 Å². The maximum Gasteiger partial charge on any atom is 0.337 e. The molecule has 2 rings (SSSR count). The largest absolute Gasteiger partial charge is 0.465 e. The van der Waals surface area contributed by atoms with Crippen LogP contribution < -0.4 is 0 Å². The van der Waals surface area contributed by atoms with Gasteiger partial charge in [0.2, 0.25) is 0 Å². The van der Waals surface area contributed by atoms with Gasteiger partial charge in [0, 0.05) is 12.1 Å². The molecule has 2 aromatic rings. The van der Waals surface area contributed by atoms with Gasteiger partial charge in [-0.15, -0.1) is 0 Å². The van der Waals surface area contributed by atoms with Gasteiger partial charge in [-0.3, -0.25) is 10.1 Å². The average molecular weight is 341 g/mol. The van der Waals surface area contributed by atoms with Crippen molar-refractivity contribution in [2.75, 3.05) is 7.11 Å². The summed E-state index contributed by atoms with van der Waals surface area (Å²) in [7, 11) is 1.29. The van der Waals surface area contributed by atoms with E-state index in [4.69, 9.17) is 4.74 Å². The fourth-order valence-electron chi connectivity index (χ4n) is 2.02. The maximum atomic E-state index is 11.7. The molecule has 0 N–H and O–H groups in total. The van der Waals surface area contributed by atoms with Crippen LogP contribution >= 0.6 is 0 Å². The zero-order valence-corrected chi connectivity index (χ0v) is 13.4. The number of benzene rings is 2. The lowest BCUT2D eigenvalue weighted by Gasteiger charge is -2.03. The summed E-state index contributed by atoms with van der Waals surface area (Å²) in [6.07, 6.45) is 2.73. The number of carbonyl (C=O) groups is 2. The first kappa shape index (κ1) is 17.9. The first-order valence-corrected chi connectivity index (χ1v) is 7.27. The van der Waals surface area contributed by atoms with E-state index >= 15 is 0 Å². The lowest BCUT2D eigenvalue weighted by atomic mass is 10.1. The van der Waals surface area contributed by atoms with E-state index in [2.05, 4.69) is 4.74 Å². The molecule has 0 unspecified atom stereocenters. The number of nitrogens with zero attached hydrogens (tertiary/aromatic N) is 1. The fraction of sp³-hybridized carbons (Fsp3) is 0.111. The van der Waals surface area contributed by atoms with Crippen molar-refractivity contribution >= 4 is 23.7 Å². The van der Waals surface area contributed by atoms with Gasteiger partial charge in [0.05, 0.1) is 23.2 Å². The topological polar surface area (TPSA) is 95.7 Å². The van der Waals surface area contributed by atoms with Crippen LogP contribution in [0.15, 0.2) is 54.6 Å². The van der Waals surface area contributed by atoms with E-state index in [0.29, 0.717) is 16.7 Å². The van der Waals surface area contributed by atoms with Gasteiger partial charge in [0.1, 0.15) is 6.61 Å².